The number of nitrogens with zero attached hydrogens (tertiary/aromatic N) is 2. The van der Waals surface area contributed by atoms with E-state index in [1.807, 2.05) is 24.3 Å². The number of nitro groups is 1. The number of hydrogen-bond acceptors (Lipinski definition) is 5. The van der Waals surface area contributed by atoms with Crippen LogP contribution in [-0.2, 0) is 9.53 Å². The molecule has 0 aliphatic carbocycles. The molecule has 0 amide bonds. The minimum atomic E-state index is -0.579. The number of hydrogen-bond donors (Lipinski definition) is 0. The number of aliphatic imine (C=N–C) groups is 1. The standard InChI is InChI=1S/C16H9IN2O4/c17-12-6-4-11(5-7-12)15-18-14(16(20)23-15)9-10-2-1-3-13(8-10)19(21)22/h1-9H/b14-9-. The van der Waals surface area contributed by atoms with Crippen LogP contribution in [0, 0.1) is 13.7 Å². The summed E-state index contributed by atoms with van der Waals surface area (Å²) in [7, 11) is 0. The summed E-state index contributed by atoms with van der Waals surface area (Å²) in [6, 6.07) is 13.4. The van der Waals surface area contributed by atoms with Gasteiger partial charge in [-0.25, -0.2) is 9.79 Å². The molecular formula is C16H9IN2O4. The number of nitro benzene ring substituents is 1. The average Bonchev–Trinajstić information content (AvgIpc) is 2.89. The number of esters is 1. The van der Waals surface area contributed by atoms with Crippen LogP contribution in [-0.4, -0.2) is 16.8 Å². The Balaban J connectivity index is 1.93. The third kappa shape index (κ3) is 3.45. The second kappa shape index (κ2) is 6.29. The molecule has 0 aromatic heterocycles. The molecule has 0 atom stereocenters. The van der Waals surface area contributed by atoms with Crippen molar-refractivity contribution in [1.29, 1.82) is 0 Å². The van der Waals surface area contributed by atoms with Crippen LogP contribution < -0.4 is 0 Å². The van der Waals surface area contributed by atoms with Crippen molar-refractivity contribution in [3.8, 4) is 0 Å². The minimum absolute atomic E-state index is 0.0486. The lowest BCUT2D eigenvalue weighted by Crippen LogP contribution is -2.05. The van der Waals surface area contributed by atoms with Crippen LogP contribution in [0.4, 0.5) is 5.69 Å². The van der Waals surface area contributed by atoms with Crippen LogP contribution in [0.3, 0.4) is 0 Å². The second-order valence-electron chi connectivity index (χ2n) is 4.70. The number of carbonyl (C=O) groups excluding carboxylic acids is 1. The van der Waals surface area contributed by atoms with Gasteiger partial charge in [0.2, 0.25) is 5.90 Å². The molecule has 1 aliphatic heterocycles. The number of halogens is 1. The normalized spacial score (nSPS) is 15.4. The summed E-state index contributed by atoms with van der Waals surface area (Å²) in [5.41, 5.74) is 1.27. The first-order valence-electron chi connectivity index (χ1n) is 6.56. The molecule has 3 rings (SSSR count). The van der Waals surface area contributed by atoms with E-state index in [1.165, 1.54) is 18.2 Å². The van der Waals surface area contributed by atoms with Crippen LogP contribution in [0.15, 0.2) is 59.2 Å². The van der Waals surface area contributed by atoms with E-state index >= 15 is 0 Å². The quantitative estimate of drug-likeness (QED) is 0.250. The summed E-state index contributed by atoms with van der Waals surface area (Å²) in [6.07, 6.45) is 1.47. The first-order chi connectivity index (χ1) is 11.0. The van der Waals surface area contributed by atoms with Crippen molar-refractivity contribution in [2.24, 2.45) is 4.99 Å². The molecule has 2 aromatic carbocycles. The summed E-state index contributed by atoms with van der Waals surface area (Å²) in [5, 5.41) is 10.8. The molecule has 0 radical (unpaired) electrons. The largest absolute Gasteiger partial charge is 0.402 e. The van der Waals surface area contributed by atoms with Gasteiger partial charge in [-0.15, -0.1) is 0 Å². The van der Waals surface area contributed by atoms with Crippen molar-refractivity contribution in [3.63, 3.8) is 0 Å². The number of cyclic esters (lactones) is 1. The molecule has 0 spiro atoms. The number of ether oxygens (including phenoxy) is 1. The van der Waals surface area contributed by atoms with E-state index in [2.05, 4.69) is 27.6 Å². The molecule has 0 saturated heterocycles. The fourth-order valence-corrected chi connectivity index (χ4v) is 2.37. The Morgan fingerprint density at radius 1 is 1.17 bits per heavy atom. The van der Waals surface area contributed by atoms with Gasteiger partial charge in [0.05, 0.1) is 4.92 Å². The Morgan fingerprint density at radius 2 is 1.91 bits per heavy atom. The van der Waals surface area contributed by atoms with Gasteiger partial charge in [-0.05, 0) is 58.5 Å². The van der Waals surface area contributed by atoms with Crippen LogP contribution in [0.1, 0.15) is 11.1 Å². The lowest BCUT2D eigenvalue weighted by molar-refractivity contribution is -0.384. The molecule has 23 heavy (non-hydrogen) atoms. The maximum absolute atomic E-state index is 11.9. The fourth-order valence-electron chi connectivity index (χ4n) is 2.01. The molecule has 0 N–H and O–H groups in total. The lowest BCUT2D eigenvalue weighted by Gasteiger charge is -1.98. The number of carbonyl (C=O) groups is 1. The van der Waals surface area contributed by atoms with E-state index in [4.69, 9.17) is 4.74 Å². The van der Waals surface area contributed by atoms with E-state index in [1.54, 1.807) is 12.1 Å². The van der Waals surface area contributed by atoms with Crippen LogP contribution >= 0.6 is 22.6 Å². The van der Waals surface area contributed by atoms with Crippen LogP contribution in [0.5, 0.6) is 0 Å². The highest BCUT2D eigenvalue weighted by Crippen LogP contribution is 2.21. The molecule has 114 valence electrons. The lowest BCUT2D eigenvalue weighted by atomic mass is 10.1. The Bertz CT molecular complexity index is 857. The Kier molecular flexibility index (Phi) is 4.20. The van der Waals surface area contributed by atoms with Crippen LogP contribution in [0.25, 0.3) is 6.08 Å². The molecule has 0 saturated carbocycles. The first kappa shape index (κ1) is 15.3. The average molecular weight is 420 g/mol. The molecule has 0 unspecified atom stereocenters. The molecular weight excluding hydrogens is 411 g/mol. The van der Waals surface area contributed by atoms with Gasteiger partial charge in [0, 0.05) is 21.3 Å². The zero-order valence-corrected chi connectivity index (χ0v) is 13.8. The predicted octanol–water partition coefficient (Wildman–Crippen LogP) is 3.54. The van der Waals surface area contributed by atoms with Crippen molar-refractivity contribution >= 4 is 46.2 Å². The van der Waals surface area contributed by atoms with Gasteiger partial charge in [-0.1, -0.05) is 12.1 Å². The van der Waals surface area contributed by atoms with Gasteiger partial charge < -0.3 is 4.74 Å². The third-order valence-electron chi connectivity index (χ3n) is 3.10. The van der Waals surface area contributed by atoms with Gasteiger partial charge in [0.1, 0.15) is 0 Å². The molecule has 2 aromatic rings. The smallest absolute Gasteiger partial charge is 0.363 e. The van der Waals surface area contributed by atoms with E-state index < -0.39 is 10.9 Å². The monoisotopic (exact) mass is 420 g/mol. The predicted molar refractivity (Wildman–Crippen MR) is 92.9 cm³/mol. The summed E-state index contributed by atoms with van der Waals surface area (Å²) in [6.45, 7) is 0. The highest BCUT2D eigenvalue weighted by Gasteiger charge is 2.24. The maximum Gasteiger partial charge on any atom is 0.363 e. The van der Waals surface area contributed by atoms with Crippen molar-refractivity contribution in [3.05, 3.63) is 79.0 Å². The maximum atomic E-state index is 11.9. The SMILES string of the molecule is O=C1OC(c2ccc(I)cc2)=N/C1=C\c1cccc([N+](=O)[O-])c1. The Hall–Kier alpha value is -2.55. The second-order valence-corrected chi connectivity index (χ2v) is 5.94. The van der Waals surface area contributed by atoms with Gasteiger partial charge in [0.25, 0.3) is 5.69 Å². The molecule has 1 aliphatic rings. The summed E-state index contributed by atoms with van der Waals surface area (Å²) in [4.78, 5) is 26.4. The summed E-state index contributed by atoms with van der Waals surface area (Å²) >= 11 is 2.18. The topological polar surface area (TPSA) is 81.8 Å². The zero-order chi connectivity index (χ0) is 16.4. The molecule has 1 heterocycles. The van der Waals surface area contributed by atoms with Crippen molar-refractivity contribution in [2.75, 3.05) is 0 Å². The van der Waals surface area contributed by atoms with Gasteiger partial charge >= 0.3 is 5.97 Å². The fraction of sp³-hybridized carbons (Fsp3) is 0. The van der Waals surface area contributed by atoms with E-state index in [-0.39, 0.29) is 17.3 Å². The number of non-ortho nitro benzene ring substituents is 1. The highest BCUT2D eigenvalue weighted by atomic mass is 127. The highest BCUT2D eigenvalue weighted by molar-refractivity contribution is 14.1. The molecule has 7 heteroatoms. The number of benzene rings is 2. The van der Waals surface area contributed by atoms with Crippen LogP contribution in [0.2, 0.25) is 0 Å². The van der Waals surface area contributed by atoms with E-state index in [0.29, 0.717) is 11.1 Å². The van der Waals surface area contributed by atoms with Gasteiger partial charge in [-0.3, -0.25) is 10.1 Å². The summed E-state index contributed by atoms with van der Waals surface area (Å²) < 4.78 is 6.22. The number of rotatable bonds is 3. The summed E-state index contributed by atoms with van der Waals surface area (Å²) in [5.74, 6) is -0.354. The first-order valence-corrected chi connectivity index (χ1v) is 7.64. The van der Waals surface area contributed by atoms with Crippen molar-refractivity contribution < 1.29 is 14.5 Å². The van der Waals surface area contributed by atoms with E-state index in [0.717, 1.165) is 3.57 Å². The van der Waals surface area contributed by atoms with Gasteiger partial charge in [0.15, 0.2) is 5.70 Å². The molecule has 0 bridgehead atoms. The van der Waals surface area contributed by atoms with E-state index in [9.17, 15) is 14.9 Å². The zero-order valence-electron chi connectivity index (χ0n) is 11.6. The molecule has 6 nitrogen and oxygen atoms in total. The Morgan fingerprint density at radius 3 is 2.61 bits per heavy atom. The third-order valence-corrected chi connectivity index (χ3v) is 3.82. The minimum Gasteiger partial charge on any atom is -0.402 e. The Labute approximate surface area is 144 Å². The van der Waals surface area contributed by atoms with Gasteiger partial charge in [-0.2, -0.15) is 0 Å². The van der Waals surface area contributed by atoms with Crippen molar-refractivity contribution in [2.45, 2.75) is 0 Å². The molecule has 0 fully saturated rings. The van der Waals surface area contributed by atoms with Crippen molar-refractivity contribution in [1.82, 2.24) is 0 Å².